The summed E-state index contributed by atoms with van der Waals surface area (Å²) in [5, 5.41) is 1.98. The first-order valence-corrected chi connectivity index (χ1v) is 8.91. The van der Waals surface area contributed by atoms with Gasteiger partial charge >= 0.3 is 0 Å². The number of thiazole rings is 1. The van der Waals surface area contributed by atoms with Crippen molar-refractivity contribution in [2.75, 3.05) is 13.6 Å². The molecule has 0 spiro atoms. The molecule has 5 nitrogen and oxygen atoms in total. The molecule has 3 heterocycles. The lowest BCUT2D eigenvalue weighted by molar-refractivity contribution is 0.0796. The third-order valence-corrected chi connectivity index (χ3v) is 5.37. The van der Waals surface area contributed by atoms with Crippen molar-refractivity contribution in [2.45, 2.75) is 13.3 Å². The van der Waals surface area contributed by atoms with Crippen LogP contribution in [0.2, 0.25) is 0 Å². The summed E-state index contributed by atoms with van der Waals surface area (Å²) in [6.07, 6.45) is 4.00. The molecule has 23 heavy (non-hydrogen) atoms. The second-order valence-electron chi connectivity index (χ2n) is 5.11. The van der Waals surface area contributed by atoms with E-state index in [0.717, 1.165) is 17.0 Å². The molecule has 0 N–H and O–H groups in total. The first-order chi connectivity index (χ1) is 11.1. The van der Waals surface area contributed by atoms with Gasteiger partial charge in [0.05, 0.1) is 21.6 Å². The molecule has 7 heteroatoms. The van der Waals surface area contributed by atoms with Gasteiger partial charge in [0, 0.05) is 37.3 Å². The van der Waals surface area contributed by atoms with Gasteiger partial charge in [-0.3, -0.25) is 4.79 Å². The fourth-order valence-electron chi connectivity index (χ4n) is 2.13. The van der Waals surface area contributed by atoms with Crippen LogP contribution in [0.5, 0.6) is 0 Å². The quantitative estimate of drug-likeness (QED) is 0.713. The minimum Gasteiger partial charge on any atom is -0.341 e. The Balaban J connectivity index is 1.64. The van der Waals surface area contributed by atoms with Crippen molar-refractivity contribution in [3.05, 3.63) is 51.6 Å². The molecule has 0 fully saturated rings. The number of thiophene rings is 1. The van der Waals surface area contributed by atoms with Gasteiger partial charge in [0.1, 0.15) is 0 Å². The largest absolute Gasteiger partial charge is 0.341 e. The van der Waals surface area contributed by atoms with E-state index in [1.54, 1.807) is 47.0 Å². The average Bonchev–Trinajstić information content (AvgIpc) is 3.24. The number of carbonyl (C=O) groups excluding carboxylic acids is 1. The van der Waals surface area contributed by atoms with Crippen molar-refractivity contribution in [1.29, 1.82) is 0 Å². The molecule has 3 rings (SSSR count). The molecule has 0 saturated heterocycles. The highest BCUT2D eigenvalue weighted by Crippen LogP contribution is 2.20. The highest BCUT2D eigenvalue weighted by Gasteiger charge is 2.14. The summed E-state index contributed by atoms with van der Waals surface area (Å²) in [7, 11) is 1.80. The lowest BCUT2D eigenvalue weighted by Gasteiger charge is -2.16. The van der Waals surface area contributed by atoms with Crippen LogP contribution in [-0.4, -0.2) is 39.4 Å². The van der Waals surface area contributed by atoms with Gasteiger partial charge in [-0.1, -0.05) is 6.07 Å². The Bertz CT molecular complexity index is 781. The summed E-state index contributed by atoms with van der Waals surface area (Å²) in [5.41, 5.74) is 3.39. The van der Waals surface area contributed by atoms with Crippen LogP contribution in [-0.2, 0) is 6.42 Å². The first kappa shape index (κ1) is 15.8. The number of hydrogen-bond donors (Lipinski definition) is 0. The number of carbonyl (C=O) groups is 1. The van der Waals surface area contributed by atoms with Gasteiger partial charge in [0.15, 0.2) is 5.82 Å². The smallest absolute Gasteiger partial charge is 0.256 e. The fourth-order valence-corrected chi connectivity index (χ4v) is 3.57. The molecule has 0 aliphatic rings. The first-order valence-electron chi connectivity index (χ1n) is 7.15. The van der Waals surface area contributed by atoms with E-state index in [9.17, 15) is 4.79 Å². The lowest BCUT2D eigenvalue weighted by Crippen LogP contribution is -2.29. The summed E-state index contributed by atoms with van der Waals surface area (Å²) < 4.78 is 0. The van der Waals surface area contributed by atoms with E-state index in [-0.39, 0.29) is 5.91 Å². The van der Waals surface area contributed by atoms with E-state index >= 15 is 0 Å². The predicted molar refractivity (Wildman–Crippen MR) is 92.9 cm³/mol. The van der Waals surface area contributed by atoms with Crippen LogP contribution in [0, 0.1) is 6.92 Å². The summed E-state index contributed by atoms with van der Waals surface area (Å²) in [6, 6.07) is 3.92. The Morgan fingerprint density at radius 1 is 1.22 bits per heavy atom. The van der Waals surface area contributed by atoms with Crippen LogP contribution in [0.3, 0.4) is 0 Å². The van der Waals surface area contributed by atoms with Crippen molar-refractivity contribution in [1.82, 2.24) is 19.9 Å². The Hall–Kier alpha value is -2.12. The second-order valence-corrected chi connectivity index (χ2v) is 7.00. The van der Waals surface area contributed by atoms with Crippen LogP contribution in [0.25, 0.3) is 10.7 Å². The molecule has 0 aliphatic carbocycles. The van der Waals surface area contributed by atoms with E-state index in [1.165, 1.54) is 4.88 Å². The average molecular weight is 344 g/mol. The van der Waals surface area contributed by atoms with E-state index in [4.69, 9.17) is 0 Å². The highest BCUT2D eigenvalue weighted by molar-refractivity contribution is 7.13. The second kappa shape index (κ2) is 6.97. The third kappa shape index (κ3) is 3.62. The number of likely N-dealkylation sites (N-methyl/N-ethyl adjacent to an activating group) is 1. The molecule has 0 bridgehead atoms. The molecule has 0 unspecified atom stereocenters. The maximum absolute atomic E-state index is 12.4. The standard InChI is InChI=1S/C16H16N4OS2/c1-11-13(23-10-19-11)5-6-20(2)16(21)12-8-17-15(18-9-12)14-4-3-7-22-14/h3-4,7-10H,5-6H2,1-2H3. The van der Waals surface area contributed by atoms with Crippen LogP contribution in [0.4, 0.5) is 0 Å². The summed E-state index contributed by atoms with van der Waals surface area (Å²) in [5.74, 6) is 0.587. The van der Waals surface area contributed by atoms with Gasteiger partial charge in [0.2, 0.25) is 0 Å². The van der Waals surface area contributed by atoms with Crippen molar-refractivity contribution >= 4 is 28.6 Å². The zero-order chi connectivity index (χ0) is 16.2. The Labute approximate surface area is 142 Å². The molecule has 3 aromatic heterocycles. The zero-order valence-corrected chi connectivity index (χ0v) is 14.5. The van der Waals surface area contributed by atoms with E-state index < -0.39 is 0 Å². The van der Waals surface area contributed by atoms with Gasteiger partial charge in [-0.05, 0) is 18.4 Å². The van der Waals surface area contributed by atoms with Gasteiger partial charge in [-0.15, -0.1) is 22.7 Å². The Morgan fingerprint density at radius 2 is 2.00 bits per heavy atom. The number of aromatic nitrogens is 3. The van der Waals surface area contributed by atoms with E-state index in [1.807, 2.05) is 29.9 Å². The molecule has 0 atom stereocenters. The summed E-state index contributed by atoms with van der Waals surface area (Å²) in [4.78, 5) is 29.1. The lowest BCUT2D eigenvalue weighted by atomic mass is 10.2. The van der Waals surface area contributed by atoms with Crippen molar-refractivity contribution in [2.24, 2.45) is 0 Å². The minimum atomic E-state index is -0.0649. The maximum atomic E-state index is 12.4. The van der Waals surface area contributed by atoms with Crippen LogP contribution >= 0.6 is 22.7 Å². The molecule has 0 saturated carbocycles. The molecule has 0 aliphatic heterocycles. The molecular formula is C16H16N4OS2. The maximum Gasteiger partial charge on any atom is 0.256 e. The minimum absolute atomic E-state index is 0.0649. The van der Waals surface area contributed by atoms with Gasteiger partial charge in [-0.25, -0.2) is 15.0 Å². The third-order valence-electron chi connectivity index (χ3n) is 3.51. The van der Waals surface area contributed by atoms with Crippen LogP contribution in [0.15, 0.2) is 35.4 Å². The van der Waals surface area contributed by atoms with E-state index in [2.05, 4.69) is 15.0 Å². The number of nitrogens with zero attached hydrogens (tertiary/aromatic N) is 4. The Morgan fingerprint density at radius 3 is 2.61 bits per heavy atom. The molecule has 1 amide bonds. The summed E-state index contributed by atoms with van der Waals surface area (Å²) in [6.45, 7) is 2.64. The number of amides is 1. The predicted octanol–water partition coefficient (Wildman–Crippen LogP) is 3.28. The fraction of sp³-hybridized carbons (Fsp3) is 0.250. The Kier molecular flexibility index (Phi) is 4.78. The van der Waals surface area contributed by atoms with Gasteiger partial charge in [-0.2, -0.15) is 0 Å². The zero-order valence-electron chi connectivity index (χ0n) is 12.9. The van der Waals surface area contributed by atoms with Gasteiger partial charge in [0.25, 0.3) is 5.91 Å². The molecular weight excluding hydrogens is 328 g/mol. The normalized spacial score (nSPS) is 10.7. The van der Waals surface area contributed by atoms with Crippen LogP contribution in [0.1, 0.15) is 20.9 Å². The van der Waals surface area contributed by atoms with E-state index in [0.29, 0.717) is 17.9 Å². The number of hydrogen-bond acceptors (Lipinski definition) is 6. The van der Waals surface area contributed by atoms with Crippen molar-refractivity contribution in [3.8, 4) is 10.7 Å². The molecule has 3 aromatic rings. The van der Waals surface area contributed by atoms with Crippen molar-refractivity contribution < 1.29 is 4.79 Å². The van der Waals surface area contributed by atoms with Crippen LogP contribution < -0.4 is 0 Å². The SMILES string of the molecule is Cc1ncsc1CCN(C)C(=O)c1cnc(-c2cccs2)nc1. The van der Waals surface area contributed by atoms with Gasteiger partial charge < -0.3 is 4.90 Å². The number of rotatable bonds is 5. The highest BCUT2D eigenvalue weighted by atomic mass is 32.1. The topological polar surface area (TPSA) is 59.0 Å². The monoisotopic (exact) mass is 344 g/mol. The molecule has 0 aromatic carbocycles. The molecule has 118 valence electrons. The summed E-state index contributed by atoms with van der Waals surface area (Å²) >= 11 is 3.21. The van der Waals surface area contributed by atoms with Crippen molar-refractivity contribution in [3.63, 3.8) is 0 Å². The molecule has 0 radical (unpaired) electrons. The number of aryl methyl sites for hydroxylation is 1.